The van der Waals surface area contributed by atoms with Gasteiger partial charge in [-0.2, -0.15) is 0 Å². The van der Waals surface area contributed by atoms with Crippen molar-refractivity contribution in [3.8, 4) is 0 Å². The van der Waals surface area contributed by atoms with Crippen molar-refractivity contribution in [2.45, 2.75) is 44.7 Å². The molecule has 1 rings (SSSR count). The summed E-state index contributed by atoms with van der Waals surface area (Å²) in [5, 5.41) is 3.59. The second kappa shape index (κ2) is 7.21. The second-order valence-corrected chi connectivity index (χ2v) is 4.12. The summed E-state index contributed by atoms with van der Waals surface area (Å²) in [6, 6.07) is 1.20. The maximum Gasteiger partial charge on any atom is 0.0701 e. The van der Waals surface area contributed by atoms with E-state index < -0.39 is 0 Å². The van der Waals surface area contributed by atoms with E-state index in [2.05, 4.69) is 12.2 Å². The first-order valence-electron chi connectivity index (χ1n) is 5.65. The fraction of sp³-hybridized carbons (Fsp3) is 1.00. The van der Waals surface area contributed by atoms with E-state index in [1.165, 1.54) is 25.7 Å². The quantitative estimate of drug-likeness (QED) is 0.634. The molecule has 0 radical (unpaired) electrons. The first-order chi connectivity index (χ1) is 6.83. The molecule has 1 aliphatic rings. The van der Waals surface area contributed by atoms with Gasteiger partial charge in [0.25, 0.3) is 0 Å². The Morgan fingerprint density at radius 3 is 2.64 bits per heavy atom. The molecule has 1 atom stereocenters. The minimum absolute atomic E-state index is 0.468. The normalized spacial score (nSPS) is 20.1. The van der Waals surface area contributed by atoms with E-state index in [0.29, 0.717) is 19.3 Å². The van der Waals surface area contributed by atoms with Crippen LogP contribution in [0.25, 0.3) is 0 Å². The second-order valence-electron chi connectivity index (χ2n) is 4.12. The van der Waals surface area contributed by atoms with Crippen molar-refractivity contribution in [2.24, 2.45) is 0 Å². The minimum Gasteiger partial charge on any atom is -0.382 e. The number of nitrogens with one attached hydrogen (secondary N) is 1. The molecule has 14 heavy (non-hydrogen) atoms. The highest BCUT2D eigenvalue weighted by molar-refractivity contribution is 4.76. The van der Waals surface area contributed by atoms with Crippen LogP contribution in [0.1, 0.15) is 32.6 Å². The van der Waals surface area contributed by atoms with Crippen LogP contribution >= 0.6 is 0 Å². The third kappa shape index (κ3) is 4.94. The highest BCUT2D eigenvalue weighted by Gasteiger charge is 2.16. The lowest BCUT2D eigenvalue weighted by Crippen LogP contribution is -2.37. The Balaban J connectivity index is 1.95. The van der Waals surface area contributed by atoms with Crippen molar-refractivity contribution >= 4 is 0 Å². The number of hydrogen-bond acceptors (Lipinski definition) is 3. The lowest BCUT2D eigenvalue weighted by atomic mass is 10.2. The van der Waals surface area contributed by atoms with Gasteiger partial charge >= 0.3 is 0 Å². The third-order valence-corrected chi connectivity index (χ3v) is 2.68. The molecule has 3 nitrogen and oxygen atoms in total. The van der Waals surface area contributed by atoms with Gasteiger partial charge in [-0.15, -0.1) is 0 Å². The Morgan fingerprint density at radius 2 is 2.00 bits per heavy atom. The lowest BCUT2D eigenvalue weighted by Gasteiger charge is -2.19. The van der Waals surface area contributed by atoms with Crippen molar-refractivity contribution < 1.29 is 9.47 Å². The number of hydrogen-bond donors (Lipinski definition) is 1. The van der Waals surface area contributed by atoms with E-state index in [9.17, 15) is 0 Å². The van der Waals surface area contributed by atoms with Crippen molar-refractivity contribution in [3.05, 3.63) is 0 Å². The summed E-state index contributed by atoms with van der Waals surface area (Å²) in [6.07, 6.45) is 5.44. The maximum atomic E-state index is 5.46. The van der Waals surface area contributed by atoms with Crippen LogP contribution in [0, 0.1) is 0 Å². The molecule has 0 heterocycles. The lowest BCUT2D eigenvalue weighted by molar-refractivity contribution is 0.0595. The Labute approximate surface area is 87.2 Å². The summed E-state index contributed by atoms with van der Waals surface area (Å²) in [5.41, 5.74) is 0. The van der Waals surface area contributed by atoms with Gasteiger partial charge in [0.2, 0.25) is 0 Å². The smallest absolute Gasteiger partial charge is 0.0701 e. The van der Waals surface area contributed by atoms with Crippen LogP contribution in [0.3, 0.4) is 0 Å². The van der Waals surface area contributed by atoms with Crippen LogP contribution in [0.2, 0.25) is 0 Å². The third-order valence-electron chi connectivity index (χ3n) is 2.68. The molecule has 0 aromatic carbocycles. The molecule has 0 spiro atoms. The van der Waals surface area contributed by atoms with Crippen LogP contribution in [0.4, 0.5) is 0 Å². The standard InChI is InChI=1S/C11H23NO2/c1-10(9-14-8-7-13-2)12-11-5-3-4-6-11/h10-12H,3-9H2,1-2H3. The van der Waals surface area contributed by atoms with Gasteiger partial charge in [-0.05, 0) is 19.8 Å². The van der Waals surface area contributed by atoms with Crippen LogP contribution < -0.4 is 5.32 Å². The van der Waals surface area contributed by atoms with Gasteiger partial charge in [-0.25, -0.2) is 0 Å². The summed E-state index contributed by atoms with van der Waals surface area (Å²) < 4.78 is 10.4. The number of methoxy groups -OCH3 is 1. The first kappa shape index (κ1) is 12.0. The SMILES string of the molecule is COCCOCC(C)NC1CCCC1. The monoisotopic (exact) mass is 201 g/mol. The van der Waals surface area contributed by atoms with E-state index in [-0.39, 0.29) is 0 Å². The summed E-state index contributed by atoms with van der Waals surface area (Å²) in [7, 11) is 1.70. The Hall–Kier alpha value is -0.120. The molecule has 0 aromatic rings. The summed E-state index contributed by atoms with van der Waals surface area (Å²) >= 11 is 0. The highest BCUT2D eigenvalue weighted by atomic mass is 16.5. The number of rotatable bonds is 7. The van der Waals surface area contributed by atoms with E-state index in [1.54, 1.807) is 7.11 Å². The largest absolute Gasteiger partial charge is 0.382 e. The zero-order valence-corrected chi connectivity index (χ0v) is 9.42. The van der Waals surface area contributed by atoms with Crippen LogP contribution in [0.15, 0.2) is 0 Å². The Morgan fingerprint density at radius 1 is 1.29 bits per heavy atom. The van der Waals surface area contributed by atoms with E-state index in [1.807, 2.05) is 0 Å². The molecule has 0 saturated heterocycles. The van der Waals surface area contributed by atoms with Crippen molar-refractivity contribution in [1.29, 1.82) is 0 Å². The Kier molecular flexibility index (Phi) is 6.15. The zero-order chi connectivity index (χ0) is 10.2. The van der Waals surface area contributed by atoms with Crippen molar-refractivity contribution in [1.82, 2.24) is 5.32 Å². The van der Waals surface area contributed by atoms with E-state index >= 15 is 0 Å². The molecular formula is C11H23NO2. The molecule has 0 amide bonds. The van der Waals surface area contributed by atoms with Crippen molar-refractivity contribution in [2.75, 3.05) is 26.9 Å². The molecule has 1 aliphatic carbocycles. The highest BCUT2D eigenvalue weighted by Crippen LogP contribution is 2.17. The Bertz CT molecular complexity index is 135. The van der Waals surface area contributed by atoms with E-state index in [0.717, 1.165) is 12.6 Å². The van der Waals surface area contributed by atoms with Gasteiger partial charge in [0, 0.05) is 19.2 Å². The maximum absolute atomic E-state index is 5.46. The van der Waals surface area contributed by atoms with Gasteiger partial charge in [-0.3, -0.25) is 0 Å². The number of ether oxygens (including phenoxy) is 2. The van der Waals surface area contributed by atoms with Gasteiger partial charge in [0.15, 0.2) is 0 Å². The molecule has 0 bridgehead atoms. The predicted octanol–water partition coefficient (Wildman–Crippen LogP) is 1.57. The van der Waals surface area contributed by atoms with Crippen molar-refractivity contribution in [3.63, 3.8) is 0 Å². The fourth-order valence-corrected chi connectivity index (χ4v) is 1.95. The topological polar surface area (TPSA) is 30.5 Å². The van der Waals surface area contributed by atoms with Gasteiger partial charge in [-0.1, -0.05) is 12.8 Å². The van der Waals surface area contributed by atoms with Crippen LogP contribution in [0.5, 0.6) is 0 Å². The summed E-state index contributed by atoms with van der Waals surface area (Å²) in [5.74, 6) is 0. The fourth-order valence-electron chi connectivity index (χ4n) is 1.95. The molecule has 1 N–H and O–H groups in total. The first-order valence-corrected chi connectivity index (χ1v) is 5.65. The summed E-state index contributed by atoms with van der Waals surface area (Å²) in [6.45, 7) is 4.37. The molecule has 0 aliphatic heterocycles. The average Bonchev–Trinajstić information content (AvgIpc) is 2.65. The van der Waals surface area contributed by atoms with Gasteiger partial charge < -0.3 is 14.8 Å². The molecule has 0 aromatic heterocycles. The van der Waals surface area contributed by atoms with Gasteiger partial charge in [0.1, 0.15) is 0 Å². The van der Waals surface area contributed by atoms with Gasteiger partial charge in [0.05, 0.1) is 19.8 Å². The zero-order valence-electron chi connectivity index (χ0n) is 9.42. The molecular weight excluding hydrogens is 178 g/mol. The molecule has 84 valence electrons. The van der Waals surface area contributed by atoms with Crippen LogP contribution in [-0.4, -0.2) is 39.0 Å². The summed E-state index contributed by atoms with van der Waals surface area (Å²) in [4.78, 5) is 0. The molecule has 1 fully saturated rings. The minimum atomic E-state index is 0.468. The predicted molar refractivity (Wildman–Crippen MR) is 57.5 cm³/mol. The molecule has 3 heteroatoms. The van der Waals surface area contributed by atoms with Crippen LogP contribution in [-0.2, 0) is 9.47 Å². The van der Waals surface area contributed by atoms with E-state index in [4.69, 9.17) is 9.47 Å². The molecule has 1 saturated carbocycles. The average molecular weight is 201 g/mol. The molecule has 1 unspecified atom stereocenters.